The number of amides is 1. The van der Waals surface area contributed by atoms with E-state index in [1.807, 2.05) is 0 Å². The molecule has 3 aromatic carbocycles. The Morgan fingerprint density at radius 3 is 1.71 bits per heavy atom. The molecule has 4 nitrogen and oxygen atoms in total. The van der Waals surface area contributed by atoms with Gasteiger partial charge in [-0.05, 0) is 62.4 Å². The molecule has 3 aromatic rings. The Morgan fingerprint density at radius 2 is 1.26 bits per heavy atom. The highest BCUT2D eigenvalue weighted by molar-refractivity contribution is 7.95. The first-order chi connectivity index (χ1) is 16.6. The molecule has 1 unspecified atom stereocenters. The van der Waals surface area contributed by atoms with Crippen LogP contribution < -0.4 is 15.9 Å². The van der Waals surface area contributed by atoms with Gasteiger partial charge in [-0.2, -0.15) is 0 Å². The summed E-state index contributed by atoms with van der Waals surface area (Å²) in [4.78, 5) is 26.9. The zero-order valence-corrected chi connectivity index (χ0v) is 20.7. The fourth-order valence-electron chi connectivity index (χ4n) is 4.19. The van der Waals surface area contributed by atoms with E-state index in [2.05, 4.69) is 103 Å². The number of aliphatic imine (C=N–C) groups is 1. The number of rotatable bonds is 12. The number of nitrogens with zero attached hydrogens (tertiary/aromatic N) is 1. The van der Waals surface area contributed by atoms with E-state index in [0.29, 0.717) is 6.42 Å². The zero-order valence-electron chi connectivity index (χ0n) is 19.8. The number of hydrogen-bond acceptors (Lipinski definition) is 3. The lowest BCUT2D eigenvalue weighted by Crippen LogP contribution is -2.33. The summed E-state index contributed by atoms with van der Waals surface area (Å²) in [5.74, 6) is -1.07. The van der Waals surface area contributed by atoms with E-state index in [9.17, 15) is 9.59 Å². The quantitative estimate of drug-likeness (QED) is 0.162. The molecule has 0 heterocycles. The van der Waals surface area contributed by atoms with Crippen molar-refractivity contribution in [1.29, 1.82) is 0 Å². The minimum absolute atomic E-state index is 0.0569. The highest BCUT2D eigenvalue weighted by atomic mass is 31.2. The third kappa shape index (κ3) is 6.48. The molecule has 0 saturated heterocycles. The lowest BCUT2D eigenvalue weighted by molar-refractivity contribution is -0.146. The SMILES string of the molecule is C=NC(=O)C(C)COC(=O)CCCCC[P+](c1ccccc1)(c1ccccc1)c1ccccc1. The smallest absolute Gasteiger partial charge is 0.305 e. The number of unbranched alkanes of at least 4 members (excludes halogenated alkanes) is 2. The van der Waals surface area contributed by atoms with Crippen molar-refractivity contribution in [3.05, 3.63) is 91.0 Å². The summed E-state index contributed by atoms with van der Waals surface area (Å²) >= 11 is 0. The molecule has 0 bridgehead atoms. The first kappa shape index (κ1) is 25.5. The Labute approximate surface area is 203 Å². The van der Waals surface area contributed by atoms with Gasteiger partial charge in [0.15, 0.2) is 0 Å². The summed E-state index contributed by atoms with van der Waals surface area (Å²) in [5.41, 5.74) is 0. The number of benzene rings is 3. The molecule has 0 aliphatic heterocycles. The number of carbonyl (C=O) groups excluding carboxylic acids is 2. The molecule has 1 amide bonds. The molecule has 1 atom stereocenters. The van der Waals surface area contributed by atoms with Crippen molar-refractivity contribution < 1.29 is 14.3 Å². The Kier molecular flexibility index (Phi) is 9.73. The number of esters is 1. The summed E-state index contributed by atoms with van der Waals surface area (Å²) in [6, 6.07) is 32.5. The molecule has 0 aliphatic carbocycles. The van der Waals surface area contributed by atoms with Gasteiger partial charge >= 0.3 is 5.97 Å². The van der Waals surface area contributed by atoms with Gasteiger partial charge < -0.3 is 4.74 Å². The third-order valence-corrected chi connectivity index (χ3v) is 10.6. The minimum Gasteiger partial charge on any atom is -0.465 e. The molecule has 3 rings (SSSR count). The largest absolute Gasteiger partial charge is 0.465 e. The van der Waals surface area contributed by atoms with Gasteiger partial charge in [0.25, 0.3) is 5.91 Å². The minimum atomic E-state index is -1.83. The average molecular weight is 475 g/mol. The maximum absolute atomic E-state index is 12.1. The van der Waals surface area contributed by atoms with Gasteiger partial charge in [-0.3, -0.25) is 9.59 Å². The zero-order chi connectivity index (χ0) is 24.2. The van der Waals surface area contributed by atoms with Crippen LogP contribution in [0.3, 0.4) is 0 Å². The number of carbonyl (C=O) groups is 2. The van der Waals surface area contributed by atoms with E-state index >= 15 is 0 Å². The van der Waals surface area contributed by atoms with Crippen molar-refractivity contribution in [3.63, 3.8) is 0 Å². The van der Waals surface area contributed by atoms with Gasteiger partial charge in [0, 0.05) is 6.42 Å². The second-order valence-electron chi connectivity index (χ2n) is 8.43. The van der Waals surface area contributed by atoms with Crippen molar-refractivity contribution in [2.45, 2.75) is 32.6 Å². The number of hydrogen-bond donors (Lipinski definition) is 0. The first-order valence-electron chi connectivity index (χ1n) is 11.8. The van der Waals surface area contributed by atoms with Crippen LogP contribution >= 0.6 is 7.26 Å². The Hall–Kier alpha value is -3.10. The van der Waals surface area contributed by atoms with E-state index in [1.165, 1.54) is 15.9 Å². The maximum atomic E-state index is 12.1. The van der Waals surface area contributed by atoms with Gasteiger partial charge in [0.2, 0.25) is 0 Å². The molecule has 0 fully saturated rings. The Bertz CT molecular complexity index is 958. The molecular formula is C29H33NO3P+. The van der Waals surface area contributed by atoms with E-state index in [1.54, 1.807) is 6.92 Å². The van der Waals surface area contributed by atoms with Crippen molar-refractivity contribution >= 4 is 41.8 Å². The summed E-state index contributed by atoms with van der Waals surface area (Å²) in [6.45, 7) is 4.97. The van der Waals surface area contributed by atoms with Gasteiger partial charge in [0.05, 0.1) is 12.1 Å². The van der Waals surface area contributed by atoms with Gasteiger partial charge in [-0.1, -0.05) is 61.5 Å². The van der Waals surface area contributed by atoms with Crippen molar-refractivity contribution in [2.24, 2.45) is 10.9 Å². The maximum Gasteiger partial charge on any atom is 0.305 e. The van der Waals surface area contributed by atoms with Gasteiger partial charge in [0.1, 0.15) is 29.8 Å². The van der Waals surface area contributed by atoms with Gasteiger partial charge in [-0.25, -0.2) is 4.99 Å². The molecule has 0 aliphatic rings. The lowest BCUT2D eigenvalue weighted by atomic mass is 10.2. The Balaban J connectivity index is 1.70. The summed E-state index contributed by atoms with van der Waals surface area (Å²) in [7, 11) is -1.83. The molecule has 0 spiro atoms. The molecule has 34 heavy (non-hydrogen) atoms. The summed E-state index contributed by atoms with van der Waals surface area (Å²) < 4.78 is 5.24. The predicted molar refractivity (Wildman–Crippen MR) is 143 cm³/mol. The topological polar surface area (TPSA) is 55.7 Å². The van der Waals surface area contributed by atoms with Crippen molar-refractivity contribution in [3.8, 4) is 0 Å². The summed E-state index contributed by atoms with van der Waals surface area (Å²) in [5, 5.41) is 4.13. The number of ether oxygens (including phenoxy) is 1. The van der Waals surface area contributed by atoms with Gasteiger partial charge in [-0.15, -0.1) is 0 Å². The fraction of sp³-hybridized carbons (Fsp3) is 0.276. The molecule has 0 radical (unpaired) electrons. The van der Waals surface area contributed by atoms with Crippen LogP contribution in [0.5, 0.6) is 0 Å². The van der Waals surface area contributed by atoms with E-state index < -0.39 is 13.2 Å². The van der Waals surface area contributed by atoms with Crippen molar-refractivity contribution in [2.75, 3.05) is 12.8 Å². The Morgan fingerprint density at radius 1 is 0.794 bits per heavy atom. The van der Waals surface area contributed by atoms with Crippen LogP contribution in [0, 0.1) is 5.92 Å². The van der Waals surface area contributed by atoms with Crippen LogP contribution in [0.4, 0.5) is 0 Å². The highest BCUT2D eigenvalue weighted by Gasteiger charge is 2.44. The molecule has 0 N–H and O–H groups in total. The van der Waals surface area contributed by atoms with Crippen LogP contribution in [0.25, 0.3) is 0 Å². The standard InChI is InChI=1S/C29H33NO3P/c1-24(29(32)30-2)23-33-28(31)21-13-6-14-22-34(25-15-7-3-8-16-25,26-17-9-4-10-18-26)27-19-11-5-12-20-27/h3-5,7-12,15-20,24H,2,6,13-14,21-23H2,1H3/q+1. The summed E-state index contributed by atoms with van der Waals surface area (Å²) in [6.07, 6.45) is 4.10. The van der Waals surface area contributed by atoms with Crippen LogP contribution in [-0.4, -0.2) is 31.4 Å². The molecule has 5 heteroatoms. The van der Waals surface area contributed by atoms with E-state index in [0.717, 1.165) is 25.4 Å². The molecule has 0 saturated carbocycles. The molecule has 176 valence electrons. The van der Waals surface area contributed by atoms with Crippen LogP contribution in [0.1, 0.15) is 32.6 Å². The second kappa shape index (κ2) is 13.0. The van der Waals surface area contributed by atoms with E-state index in [4.69, 9.17) is 4.74 Å². The monoisotopic (exact) mass is 474 g/mol. The van der Waals surface area contributed by atoms with Crippen LogP contribution in [0.15, 0.2) is 96.0 Å². The van der Waals surface area contributed by atoms with Crippen LogP contribution in [0.2, 0.25) is 0 Å². The highest BCUT2D eigenvalue weighted by Crippen LogP contribution is 2.55. The predicted octanol–water partition coefficient (Wildman–Crippen LogP) is 4.95. The average Bonchev–Trinajstić information content (AvgIpc) is 2.90. The lowest BCUT2D eigenvalue weighted by Gasteiger charge is -2.27. The third-order valence-electron chi connectivity index (χ3n) is 6.04. The molecule has 0 aromatic heterocycles. The van der Waals surface area contributed by atoms with E-state index in [-0.39, 0.29) is 18.5 Å². The fourth-order valence-corrected chi connectivity index (χ4v) is 8.60. The first-order valence-corrected chi connectivity index (χ1v) is 13.8. The van der Waals surface area contributed by atoms with Crippen LogP contribution in [-0.2, 0) is 14.3 Å². The van der Waals surface area contributed by atoms with Crippen molar-refractivity contribution in [1.82, 2.24) is 0 Å². The second-order valence-corrected chi connectivity index (χ2v) is 12.0. The molecular weight excluding hydrogens is 441 g/mol. The normalized spacial score (nSPS) is 12.0.